The third-order valence-electron chi connectivity index (χ3n) is 7.01. The van der Waals surface area contributed by atoms with Crippen molar-refractivity contribution in [2.75, 3.05) is 31.7 Å². The Hall–Kier alpha value is -4.08. The fourth-order valence-corrected chi connectivity index (χ4v) is 5.47. The molecule has 202 valence electrons. The first-order valence-corrected chi connectivity index (χ1v) is 16.5. The highest BCUT2D eigenvalue weighted by Crippen LogP contribution is 2.37. The van der Waals surface area contributed by atoms with E-state index in [1.165, 1.54) is 7.11 Å². The minimum absolute atomic E-state index is 0.255. The van der Waals surface area contributed by atoms with Gasteiger partial charge in [-0.1, -0.05) is 19.6 Å². The highest BCUT2D eigenvalue weighted by Gasteiger charge is 2.46. The van der Waals surface area contributed by atoms with E-state index >= 15 is 0 Å². The Kier molecular flexibility index (Phi) is 7.20. The molecule has 0 unspecified atom stereocenters. The Morgan fingerprint density at radius 3 is 2.67 bits per heavy atom. The number of pyridine rings is 1. The Morgan fingerprint density at radius 2 is 1.97 bits per heavy atom. The van der Waals surface area contributed by atoms with E-state index in [2.05, 4.69) is 50.7 Å². The Bertz CT molecular complexity index is 1510. The largest absolute Gasteiger partial charge is 0.464 e. The first kappa shape index (κ1) is 26.5. The monoisotopic (exact) mass is 544 g/mol. The van der Waals surface area contributed by atoms with E-state index in [0.717, 1.165) is 40.6 Å². The lowest BCUT2D eigenvalue weighted by molar-refractivity contribution is 0.0594. The van der Waals surface area contributed by atoms with Gasteiger partial charge in [0.15, 0.2) is 0 Å². The number of nitriles is 1. The highest BCUT2D eigenvalue weighted by atomic mass is 28.3. The molecule has 1 saturated heterocycles. The van der Waals surface area contributed by atoms with Crippen LogP contribution in [0.15, 0.2) is 49.3 Å². The molecule has 1 fully saturated rings. The lowest BCUT2D eigenvalue weighted by Crippen LogP contribution is -2.63. The van der Waals surface area contributed by atoms with E-state index in [1.54, 1.807) is 24.8 Å². The van der Waals surface area contributed by atoms with Crippen LogP contribution in [0, 0.1) is 11.3 Å². The number of esters is 1. The van der Waals surface area contributed by atoms with Crippen molar-refractivity contribution >= 4 is 30.8 Å². The molecule has 11 nitrogen and oxygen atoms in total. The van der Waals surface area contributed by atoms with Gasteiger partial charge in [-0.25, -0.2) is 19.7 Å². The van der Waals surface area contributed by atoms with Crippen LogP contribution in [0.25, 0.3) is 22.3 Å². The van der Waals surface area contributed by atoms with Crippen LogP contribution < -0.4 is 4.90 Å². The van der Waals surface area contributed by atoms with Crippen LogP contribution in [0.2, 0.25) is 25.7 Å². The number of aromatic nitrogens is 6. The number of methoxy groups -OCH3 is 1. The summed E-state index contributed by atoms with van der Waals surface area (Å²) in [5, 5.41) is 15.2. The van der Waals surface area contributed by atoms with Crippen molar-refractivity contribution in [3.63, 3.8) is 0 Å². The van der Waals surface area contributed by atoms with Crippen LogP contribution in [0.3, 0.4) is 0 Å². The molecule has 0 spiro atoms. The Morgan fingerprint density at radius 1 is 1.15 bits per heavy atom. The number of ether oxygens (including phenoxy) is 2. The van der Waals surface area contributed by atoms with E-state index in [9.17, 15) is 10.1 Å². The molecule has 0 radical (unpaired) electrons. The molecule has 4 aromatic heterocycles. The van der Waals surface area contributed by atoms with Gasteiger partial charge in [0.1, 0.15) is 29.9 Å². The normalized spacial score (nSPS) is 14.7. The molecular weight excluding hydrogens is 512 g/mol. The molecule has 0 bridgehead atoms. The molecule has 0 N–H and O–H groups in total. The van der Waals surface area contributed by atoms with Crippen LogP contribution >= 0.6 is 0 Å². The average Bonchev–Trinajstić information content (AvgIpc) is 3.55. The van der Waals surface area contributed by atoms with Crippen LogP contribution in [0.4, 0.5) is 5.69 Å². The van der Waals surface area contributed by atoms with E-state index < -0.39 is 19.6 Å². The minimum atomic E-state index is -1.15. The molecule has 39 heavy (non-hydrogen) atoms. The van der Waals surface area contributed by atoms with E-state index in [-0.39, 0.29) is 5.69 Å². The SMILES string of the molecule is COC(=O)c1ccc(N2CC(CC#N)(n3cc(-c4ncnc5c4ccn5COCC[Si](C)(C)C)cn3)C2)cn1. The second-order valence-electron chi connectivity index (χ2n) is 11.1. The summed E-state index contributed by atoms with van der Waals surface area (Å²) in [5.41, 5.74) is 3.11. The number of fused-ring (bicyclic) bond motifs is 1. The molecule has 12 heteroatoms. The molecular formula is C27H32N8O3Si. The summed E-state index contributed by atoms with van der Waals surface area (Å²) < 4.78 is 14.5. The Balaban J connectivity index is 1.32. The van der Waals surface area contributed by atoms with E-state index in [1.807, 2.05) is 33.8 Å². The van der Waals surface area contributed by atoms with Crippen molar-refractivity contribution < 1.29 is 14.3 Å². The Labute approximate surface area is 228 Å². The fraction of sp³-hybridized carbons (Fsp3) is 0.407. The molecule has 1 aliphatic heterocycles. The van der Waals surface area contributed by atoms with E-state index in [4.69, 9.17) is 9.47 Å². The molecule has 0 atom stereocenters. The van der Waals surface area contributed by atoms with Crippen LogP contribution in [0.1, 0.15) is 16.9 Å². The number of carbonyl (C=O) groups excluding carboxylic acids is 1. The van der Waals surface area contributed by atoms with Gasteiger partial charge in [-0.2, -0.15) is 10.4 Å². The predicted octanol–water partition coefficient (Wildman–Crippen LogP) is 3.92. The summed E-state index contributed by atoms with van der Waals surface area (Å²) in [6.45, 7) is 9.37. The van der Waals surface area contributed by atoms with Crippen molar-refractivity contribution in [3.8, 4) is 17.3 Å². The van der Waals surface area contributed by atoms with Gasteiger partial charge in [0.2, 0.25) is 0 Å². The first-order valence-electron chi connectivity index (χ1n) is 12.8. The van der Waals surface area contributed by atoms with Crippen molar-refractivity contribution in [3.05, 3.63) is 55.0 Å². The molecule has 5 heterocycles. The van der Waals surface area contributed by atoms with Crippen molar-refractivity contribution in [2.24, 2.45) is 0 Å². The van der Waals surface area contributed by atoms with Gasteiger partial charge in [-0.3, -0.25) is 4.68 Å². The predicted molar refractivity (Wildman–Crippen MR) is 149 cm³/mol. The van der Waals surface area contributed by atoms with Gasteiger partial charge < -0.3 is 18.9 Å². The van der Waals surface area contributed by atoms with Crippen molar-refractivity contribution in [1.82, 2.24) is 29.3 Å². The van der Waals surface area contributed by atoms with Crippen LogP contribution in [-0.4, -0.2) is 70.1 Å². The summed E-state index contributed by atoms with van der Waals surface area (Å²) in [6, 6.07) is 8.92. The lowest BCUT2D eigenvalue weighted by atomic mass is 9.86. The maximum Gasteiger partial charge on any atom is 0.356 e. The number of carbonyl (C=O) groups is 1. The first-order chi connectivity index (χ1) is 18.7. The summed E-state index contributed by atoms with van der Waals surface area (Å²) in [5.74, 6) is -0.475. The average molecular weight is 545 g/mol. The molecule has 5 rings (SSSR count). The maximum absolute atomic E-state index is 11.7. The van der Waals surface area contributed by atoms with Crippen molar-refractivity contribution in [2.45, 2.75) is 44.4 Å². The van der Waals surface area contributed by atoms with Gasteiger partial charge in [-0.15, -0.1) is 0 Å². The number of hydrogen-bond donors (Lipinski definition) is 0. The zero-order valence-electron chi connectivity index (χ0n) is 22.7. The molecule has 0 aliphatic carbocycles. The van der Waals surface area contributed by atoms with Gasteiger partial charge in [-0.05, 0) is 24.2 Å². The van der Waals surface area contributed by atoms with Crippen LogP contribution in [0.5, 0.6) is 0 Å². The highest BCUT2D eigenvalue weighted by molar-refractivity contribution is 6.76. The minimum Gasteiger partial charge on any atom is -0.464 e. The summed E-state index contributed by atoms with van der Waals surface area (Å²) >= 11 is 0. The summed E-state index contributed by atoms with van der Waals surface area (Å²) in [7, 11) is 0.180. The molecule has 0 amide bonds. The summed E-state index contributed by atoms with van der Waals surface area (Å²) in [6.07, 6.45) is 9.24. The van der Waals surface area contributed by atoms with Crippen molar-refractivity contribution in [1.29, 1.82) is 5.26 Å². The quantitative estimate of drug-likeness (QED) is 0.166. The number of rotatable bonds is 10. The number of nitrogens with zero attached hydrogens (tertiary/aromatic N) is 8. The zero-order chi connectivity index (χ0) is 27.6. The maximum atomic E-state index is 11.7. The molecule has 4 aromatic rings. The van der Waals surface area contributed by atoms with Gasteiger partial charge >= 0.3 is 5.97 Å². The molecule has 0 aromatic carbocycles. The van der Waals surface area contributed by atoms with Gasteiger partial charge in [0.05, 0.1) is 43.4 Å². The van der Waals surface area contributed by atoms with Gasteiger partial charge in [0, 0.05) is 51.1 Å². The summed E-state index contributed by atoms with van der Waals surface area (Å²) in [4.78, 5) is 27.1. The smallest absolute Gasteiger partial charge is 0.356 e. The number of anilines is 1. The topological polar surface area (TPSA) is 124 Å². The zero-order valence-corrected chi connectivity index (χ0v) is 23.7. The standard InChI is InChI=1S/C27H32N8O3Si/c1-37-26(36)23-6-5-21(14-29-23)34-16-27(17-34,8-9-28)35-15-20(13-32-35)24-22-7-10-33(25(22)31-18-30-24)19-38-11-12-39(2,3)4/h5-7,10,13-15,18H,8,11-12,16-17,19H2,1-4H3. The lowest BCUT2D eigenvalue weighted by Gasteiger charge is -2.50. The molecule has 1 aliphatic rings. The third-order valence-corrected chi connectivity index (χ3v) is 8.72. The molecule has 0 saturated carbocycles. The van der Waals surface area contributed by atoms with Gasteiger partial charge in [0.25, 0.3) is 0 Å². The fourth-order valence-electron chi connectivity index (χ4n) is 4.71. The van der Waals surface area contributed by atoms with E-state index in [0.29, 0.717) is 26.2 Å². The second kappa shape index (κ2) is 10.6. The van der Waals surface area contributed by atoms with Crippen LogP contribution in [-0.2, 0) is 21.7 Å². The number of hydrogen-bond acceptors (Lipinski definition) is 9. The third kappa shape index (κ3) is 5.41. The second-order valence-corrected chi connectivity index (χ2v) is 16.7.